The molecular weight excluding hydrogens is 248 g/mol. The quantitative estimate of drug-likeness (QED) is 0.826. The van der Waals surface area contributed by atoms with Crippen LogP contribution in [0.2, 0.25) is 0 Å². The summed E-state index contributed by atoms with van der Waals surface area (Å²) in [7, 11) is 0. The van der Waals surface area contributed by atoms with Gasteiger partial charge >= 0.3 is 0 Å². The zero-order chi connectivity index (χ0) is 14.8. The maximum absolute atomic E-state index is 12.1. The van der Waals surface area contributed by atoms with Crippen molar-refractivity contribution in [1.29, 1.82) is 0 Å². The number of rotatable bonds is 3. The summed E-state index contributed by atoms with van der Waals surface area (Å²) in [4.78, 5) is 12.1. The van der Waals surface area contributed by atoms with E-state index < -0.39 is 0 Å². The molecular formula is C17H22N2O. The first-order valence-corrected chi connectivity index (χ1v) is 7.02. The normalized spacial score (nSPS) is 18.9. The Kier molecular flexibility index (Phi) is 4.15. The molecule has 1 aromatic rings. The lowest BCUT2D eigenvalue weighted by Crippen LogP contribution is -2.26. The lowest BCUT2D eigenvalue weighted by Gasteiger charge is -2.08. The summed E-state index contributed by atoms with van der Waals surface area (Å²) in [6.07, 6.45) is 1.19. The molecule has 106 valence electrons. The van der Waals surface area contributed by atoms with Crippen LogP contribution in [0.25, 0.3) is 0 Å². The van der Waals surface area contributed by atoms with Crippen LogP contribution in [0.15, 0.2) is 18.2 Å². The minimum absolute atomic E-state index is 0.00543. The van der Waals surface area contributed by atoms with Crippen LogP contribution in [0, 0.1) is 30.1 Å². The van der Waals surface area contributed by atoms with Crippen molar-refractivity contribution in [1.82, 2.24) is 5.32 Å². The lowest BCUT2D eigenvalue weighted by molar-refractivity contribution is 0.0950. The Labute approximate surface area is 120 Å². The van der Waals surface area contributed by atoms with Crippen LogP contribution in [0.4, 0.5) is 0 Å². The minimum Gasteiger partial charge on any atom is -0.352 e. The topological polar surface area (TPSA) is 55.1 Å². The Bertz CT molecular complexity index is 578. The van der Waals surface area contributed by atoms with Gasteiger partial charge in [-0.3, -0.25) is 4.79 Å². The van der Waals surface area contributed by atoms with Gasteiger partial charge in [0.2, 0.25) is 0 Å². The zero-order valence-electron chi connectivity index (χ0n) is 12.4. The monoisotopic (exact) mass is 270 g/mol. The number of amides is 1. The molecule has 1 aromatic carbocycles. The van der Waals surface area contributed by atoms with Crippen LogP contribution < -0.4 is 11.1 Å². The number of carbonyl (C=O) groups is 1. The lowest BCUT2D eigenvalue weighted by atomic mass is 10.0. The van der Waals surface area contributed by atoms with Gasteiger partial charge in [-0.1, -0.05) is 25.7 Å². The third-order valence-corrected chi connectivity index (χ3v) is 4.04. The van der Waals surface area contributed by atoms with Gasteiger partial charge in [0, 0.05) is 17.7 Å². The molecule has 3 nitrogen and oxygen atoms in total. The molecule has 3 heteroatoms. The van der Waals surface area contributed by atoms with Crippen LogP contribution in [-0.2, 0) is 0 Å². The van der Waals surface area contributed by atoms with Gasteiger partial charge in [-0.15, -0.1) is 0 Å². The number of benzene rings is 1. The molecule has 1 saturated carbocycles. The second kappa shape index (κ2) is 5.68. The van der Waals surface area contributed by atoms with Gasteiger partial charge in [-0.25, -0.2) is 0 Å². The van der Waals surface area contributed by atoms with Crippen molar-refractivity contribution in [2.45, 2.75) is 27.2 Å². The van der Waals surface area contributed by atoms with E-state index in [0.29, 0.717) is 23.4 Å². The summed E-state index contributed by atoms with van der Waals surface area (Å²) in [6.45, 7) is 7.54. The first kappa shape index (κ1) is 14.6. The van der Waals surface area contributed by atoms with Crippen LogP contribution in [0.5, 0.6) is 0 Å². The van der Waals surface area contributed by atoms with Gasteiger partial charge in [-0.05, 0) is 48.4 Å². The van der Waals surface area contributed by atoms with Gasteiger partial charge in [0.15, 0.2) is 0 Å². The smallest absolute Gasteiger partial charge is 0.251 e. The zero-order valence-corrected chi connectivity index (χ0v) is 12.4. The van der Waals surface area contributed by atoms with Crippen molar-refractivity contribution in [2.24, 2.45) is 17.1 Å². The minimum atomic E-state index is -0.00543. The summed E-state index contributed by atoms with van der Waals surface area (Å²) in [5, 5.41) is 3.01. The largest absolute Gasteiger partial charge is 0.352 e. The Morgan fingerprint density at radius 3 is 2.75 bits per heavy atom. The Balaban J connectivity index is 1.98. The molecule has 0 radical (unpaired) electrons. The summed E-state index contributed by atoms with van der Waals surface area (Å²) >= 11 is 0. The molecule has 0 heterocycles. The van der Waals surface area contributed by atoms with E-state index in [1.807, 2.05) is 25.1 Å². The van der Waals surface area contributed by atoms with Gasteiger partial charge < -0.3 is 11.1 Å². The van der Waals surface area contributed by atoms with E-state index in [2.05, 4.69) is 31.0 Å². The Morgan fingerprint density at radius 2 is 2.20 bits per heavy atom. The summed E-state index contributed by atoms with van der Waals surface area (Å²) in [6, 6.07) is 5.59. The van der Waals surface area contributed by atoms with E-state index in [0.717, 1.165) is 17.7 Å². The van der Waals surface area contributed by atoms with E-state index in [1.165, 1.54) is 6.42 Å². The molecule has 1 aliphatic rings. The number of carbonyl (C=O) groups excluding carboxylic acids is 1. The van der Waals surface area contributed by atoms with Crippen LogP contribution in [-0.4, -0.2) is 19.0 Å². The highest BCUT2D eigenvalue weighted by atomic mass is 16.1. The van der Waals surface area contributed by atoms with Gasteiger partial charge in [-0.2, -0.15) is 0 Å². The molecule has 1 aliphatic carbocycles. The standard InChI is InChI=1S/C17H22N2O/c1-12-9-14(7-6-13(12)5-4-8-18)16(20)19-11-15-10-17(15,2)3/h6-7,9,15H,8,10-11,18H2,1-3H3,(H,19,20). The van der Waals surface area contributed by atoms with E-state index in [1.54, 1.807) is 0 Å². The second-order valence-corrected chi connectivity index (χ2v) is 6.14. The first-order chi connectivity index (χ1) is 9.44. The van der Waals surface area contributed by atoms with Crippen LogP contribution in [0.1, 0.15) is 41.8 Å². The molecule has 0 aliphatic heterocycles. The highest BCUT2D eigenvalue weighted by Crippen LogP contribution is 2.50. The van der Waals surface area contributed by atoms with Gasteiger partial charge in [0.25, 0.3) is 5.91 Å². The van der Waals surface area contributed by atoms with Crippen molar-refractivity contribution >= 4 is 5.91 Å². The summed E-state index contributed by atoms with van der Waals surface area (Å²) < 4.78 is 0. The van der Waals surface area contributed by atoms with Crippen LogP contribution in [0.3, 0.4) is 0 Å². The van der Waals surface area contributed by atoms with Crippen molar-refractivity contribution in [3.63, 3.8) is 0 Å². The van der Waals surface area contributed by atoms with E-state index in [-0.39, 0.29) is 5.91 Å². The molecule has 3 N–H and O–H groups in total. The molecule has 1 atom stereocenters. The third kappa shape index (κ3) is 3.40. The van der Waals surface area contributed by atoms with E-state index in [9.17, 15) is 4.79 Å². The predicted molar refractivity (Wildman–Crippen MR) is 81.3 cm³/mol. The number of hydrogen-bond acceptors (Lipinski definition) is 2. The molecule has 2 rings (SSSR count). The average Bonchev–Trinajstić information content (AvgIpc) is 3.02. The van der Waals surface area contributed by atoms with E-state index in [4.69, 9.17) is 5.73 Å². The fourth-order valence-electron chi connectivity index (χ4n) is 2.33. The van der Waals surface area contributed by atoms with Crippen molar-refractivity contribution in [3.05, 3.63) is 34.9 Å². The Morgan fingerprint density at radius 1 is 1.50 bits per heavy atom. The van der Waals surface area contributed by atoms with Gasteiger partial charge in [0.05, 0.1) is 6.54 Å². The fraction of sp³-hybridized carbons (Fsp3) is 0.471. The predicted octanol–water partition coefficient (Wildman–Crippen LogP) is 2.08. The molecule has 0 saturated heterocycles. The highest BCUT2D eigenvalue weighted by molar-refractivity contribution is 5.94. The summed E-state index contributed by atoms with van der Waals surface area (Å²) in [5.74, 6) is 6.44. The molecule has 0 bridgehead atoms. The van der Waals surface area contributed by atoms with Crippen molar-refractivity contribution in [2.75, 3.05) is 13.1 Å². The Hall–Kier alpha value is -1.79. The second-order valence-electron chi connectivity index (χ2n) is 6.14. The maximum atomic E-state index is 12.1. The van der Waals surface area contributed by atoms with Crippen LogP contribution >= 0.6 is 0 Å². The summed E-state index contributed by atoms with van der Waals surface area (Å²) in [5.41, 5.74) is 8.38. The van der Waals surface area contributed by atoms with Crippen molar-refractivity contribution in [3.8, 4) is 11.8 Å². The first-order valence-electron chi connectivity index (χ1n) is 7.02. The number of nitrogens with two attached hydrogens (primary N) is 1. The highest BCUT2D eigenvalue weighted by Gasteiger charge is 2.45. The molecule has 0 aromatic heterocycles. The molecule has 0 spiro atoms. The number of hydrogen-bond donors (Lipinski definition) is 2. The molecule has 20 heavy (non-hydrogen) atoms. The van der Waals surface area contributed by atoms with E-state index >= 15 is 0 Å². The third-order valence-electron chi connectivity index (χ3n) is 4.04. The maximum Gasteiger partial charge on any atom is 0.251 e. The van der Waals surface area contributed by atoms with Gasteiger partial charge in [0.1, 0.15) is 0 Å². The molecule has 1 fully saturated rings. The number of aryl methyl sites for hydroxylation is 1. The van der Waals surface area contributed by atoms with Crippen molar-refractivity contribution < 1.29 is 4.79 Å². The molecule has 1 amide bonds. The number of nitrogens with one attached hydrogen (secondary N) is 1. The SMILES string of the molecule is Cc1cc(C(=O)NCC2CC2(C)C)ccc1C#CCN. The average molecular weight is 270 g/mol. The molecule has 1 unspecified atom stereocenters. The fourth-order valence-corrected chi connectivity index (χ4v) is 2.33.